The highest BCUT2D eigenvalue weighted by Crippen LogP contribution is 2.16. The van der Waals surface area contributed by atoms with Gasteiger partial charge in [0.05, 0.1) is 6.26 Å². The number of nitrogens with one attached hydrogen (secondary N) is 1. The molecule has 1 aromatic rings. The van der Waals surface area contributed by atoms with Gasteiger partial charge in [-0.2, -0.15) is 0 Å². The Morgan fingerprint density at radius 3 is 2.75 bits per heavy atom. The van der Waals surface area contributed by atoms with Crippen LogP contribution in [0.3, 0.4) is 0 Å². The van der Waals surface area contributed by atoms with Gasteiger partial charge in [-0.15, -0.1) is 0 Å². The summed E-state index contributed by atoms with van der Waals surface area (Å²) in [4.78, 5) is 2.44. The van der Waals surface area contributed by atoms with E-state index < -0.39 is 10.0 Å². The van der Waals surface area contributed by atoms with Crippen molar-refractivity contribution in [3.63, 3.8) is 0 Å². The van der Waals surface area contributed by atoms with Crippen molar-refractivity contribution < 1.29 is 8.42 Å². The number of benzene rings is 1. The fraction of sp³-hybridized carbons (Fsp3) is 0.600. The fourth-order valence-corrected chi connectivity index (χ4v) is 3.24. The zero-order chi connectivity index (χ0) is 14.4. The Hall–Kier alpha value is -0.910. The predicted molar refractivity (Wildman–Crippen MR) is 82.2 cm³/mol. The van der Waals surface area contributed by atoms with E-state index in [2.05, 4.69) is 33.9 Å². The second-order valence-corrected chi connectivity index (χ2v) is 7.50. The number of sulfonamides is 1. The minimum absolute atomic E-state index is 0.460. The van der Waals surface area contributed by atoms with E-state index in [1.165, 1.54) is 11.8 Å². The quantitative estimate of drug-likeness (QED) is 0.829. The average Bonchev–Trinajstić information content (AvgIpc) is 2.85. The van der Waals surface area contributed by atoms with Crippen LogP contribution in [0, 0.1) is 5.92 Å². The standard InChI is InChI=1S/C15H24N2O2S/c1-20(18,19)16-12-15-9-11-17(13-15)10-5-8-14-6-3-2-4-7-14/h2-4,6-7,15-16H,5,8-13H2,1H3/t15-/m1/s1. The molecule has 2 rings (SSSR count). The second kappa shape index (κ2) is 7.20. The van der Waals surface area contributed by atoms with Crippen LogP contribution in [0.1, 0.15) is 18.4 Å². The van der Waals surface area contributed by atoms with Gasteiger partial charge in [-0.25, -0.2) is 13.1 Å². The fourth-order valence-electron chi connectivity index (χ4n) is 2.70. The van der Waals surface area contributed by atoms with Gasteiger partial charge in [0, 0.05) is 13.1 Å². The number of rotatable bonds is 7. The van der Waals surface area contributed by atoms with Crippen molar-refractivity contribution in [1.29, 1.82) is 0 Å². The van der Waals surface area contributed by atoms with Gasteiger partial charge in [-0.1, -0.05) is 30.3 Å². The lowest BCUT2D eigenvalue weighted by atomic mass is 10.1. The molecule has 0 radical (unpaired) electrons. The summed E-state index contributed by atoms with van der Waals surface area (Å²) < 4.78 is 24.8. The van der Waals surface area contributed by atoms with Gasteiger partial charge >= 0.3 is 0 Å². The van der Waals surface area contributed by atoms with Gasteiger partial charge in [-0.05, 0) is 43.8 Å². The van der Waals surface area contributed by atoms with Crippen molar-refractivity contribution in [2.45, 2.75) is 19.3 Å². The summed E-state index contributed by atoms with van der Waals surface area (Å²) in [6.07, 6.45) is 4.59. The lowest BCUT2D eigenvalue weighted by Gasteiger charge is -2.16. The molecular weight excluding hydrogens is 272 g/mol. The Balaban J connectivity index is 1.64. The first-order chi connectivity index (χ1) is 9.53. The first kappa shape index (κ1) is 15.5. The third-order valence-electron chi connectivity index (χ3n) is 3.79. The summed E-state index contributed by atoms with van der Waals surface area (Å²) in [5.74, 6) is 0.460. The van der Waals surface area contributed by atoms with E-state index in [9.17, 15) is 8.42 Å². The summed E-state index contributed by atoms with van der Waals surface area (Å²) in [6, 6.07) is 10.5. The molecule has 1 aliphatic heterocycles. The van der Waals surface area contributed by atoms with Crippen LogP contribution in [-0.4, -0.2) is 45.8 Å². The van der Waals surface area contributed by atoms with Gasteiger partial charge in [-0.3, -0.25) is 0 Å². The van der Waals surface area contributed by atoms with Gasteiger partial charge in [0.1, 0.15) is 0 Å². The molecule has 1 atom stereocenters. The third-order valence-corrected chi connectivity index (χ3v) is 4.48. The number of likely N-dealkylation sites (tertiary alicyclic amines) is 1. The lowest BCUT2D eigenvalue weighted by molar-refractivity contribution is 0.320. The summed E-state index contributed by atoms with van der Waals surface area (Å²) in [7, 11) is -3.05. The minimum Gasteiger partial charge on any atom is -0.303 e. The molecular formula is C15H24N2O2S. The molecule has 0 saturated carbocycles. The molecule has 20 heavy (non-hydrogen) atoms. The maximum Gasteiger partial charge on any atom is 0.208 e. The molecule has 4 nitrogen and oxygen atoms in total. The zero-order valence-electron chi connectivity index (χ0n) is 12.1. The lowest BCUT2D eigenvalue weighted by Crippen LogP contribution is -2.30. The van der Waals surface area contributed by atoms with E-state index in [0.717, 1.165) is 38.9 Å². The predicted octanol–water partition coefficient (Wildman–Crippen LogP) is 1.49. The van der Waals surface area contributed by atoms with Crippen LogP contribution in [0.15, 0.2) is 30.3 Å². The van der Waals surface area contributed by atoms with Gasteiger partial charge in [0.25, 0.3) is 0 Å². The monoisotopic (exact) mass is 296 g/mol. The highest BCUT2D eigenvalue weighted by Gasteiger charge is 2.22. The molecule has 0 aliphatic carbocycles. The molecule has 1 fully saturated rings. The van der Waals surface area contributed by atoms with Crippen LogP contribution >= 0.6 is 0 Å². The highest BCUT2D eigenvalue weighted by atomic mass is 32.2. The van der Waals surface area contributed by atoms with Crippen LogP contribution in [-0.2, 0) is 16.4 Å². The van der Waals surface area contributed by atoms with Crippen molar-refractivity contribution >= 4 is 10.0 Å². The van der Waals surface area contributed by atoms with Crippen LogP contribution in [0.5, 0.6) is 0 Å². The summed E-state index contributed by atoms with van der Waals surface area (Å²) in [5, 5.41) is 0. The van der Waals surface area contributed by atoms with Crippen molar-refractivity contribution in [2.24, 2.45) is 5.92 Å². The summed E-state index contributed by atoms with van der Waals surface area (Å²) in [6.45, 7) is 3.78. The van der Waals surface area contributed by atoms with E-state index in [-0.39, 0.29) is 0 Å². The smallest absolute Gasteiger partial charge is 0.208 e. The van der Waals surface area contributed by atoms with Crippen LogP contribution in [0.4, 0.5) is 0 Å². The topological polar surface area (TPSA) is 49.4 Å². The van der Waals surface area contributed by atoms with E-state index in [0.29, 0.717) is 12.5 Å². The SMILES string of the molecule is CS(=O)(=O)NC[C@H]1CCN(CCCc2ccccc2)C1. The van der Waals surface area contributed by atoms with E-state index in [4.69, 9.17) is 0 Å². The largest absolute Gasteiger partial charge is 0.303 e. The maximum absolute atomic E-state index is 11.1. The number of hydrogen-bond acceptors (Lipinski definition) is 3. The van der Waals surface area contributed by atoms with E-state index >= 15 is 0 Å². The van der Waals surface area contributed by atoms with Crippen molar-refractivity contribution in [3.05, 3.63) is 35.9 Å². The Bertz CT molecular complexity index is 502. The molecule has 0 spiro atoms. The van der Waals surface area contributed by atoms with E-state index in [1.54, 1.807) is 0 Å². The Labute approximate surface area is 122 Å². The third kappa shape index (κ3) is 5.61. The summed E-state index contributed by atoms with van der Waals surface area (Å²) >= 11 is 0. The molecule has 0 unspecified atom stereocenters. The van der Waals surface area contributed by atoms with Crippen molar-refractivity contribution in [1.82, 2.24) is 9.62 Å². The van der Waals surface area contributed by atoms with Gasteiger partial charge in [0.15, 0.2) is 0 Å². The maximum atomic E-state index is 11.1. The van der Waals surface area contributed by atoms with Crippen molar-refractivity contribution in [3.8, 4) is 0 Å². The molecule has 112 valence electrons. The first-order valence-electron chi connectivity index (χ1n) is 7.24. The molecule has 5 heteroatoms. The Morgan fingerprint density at radius 1 is 1.30 bits per heavy atom. The molecule has 1 aliphatic rings. The molecule has 0 amide bonds. The number of nitrogens with zero attached hydrogens (tertiary/aromatic N) is 1. The minimum atomic E-state index is -3.05. The average molecular weight is 296 g/mol. The second-order valence-electron chi connectivity index (χ2n) is 5.67. The Kier molecular flexibility index (Phi) is 5.57. The van der Waals surface area contributed by atoms with Gasteiger partial charge in [0.2, 0.25) is 10.0 Å². The molecule has 0 bridgehead atoms. The van der Waals surface area contributed by atoms with Crippen LogP contribution in [0.2, 0.25) is 0 Å². The zero-order valence-corrected chi connectivity index (χ0v) is 12.9. The molecule has 1 aromatic carbocycles. The van der Waals surface area contributed by atoms with Gasteiger partial charge < -0.3 is 4.90 Å². The molecule has 1 saturated heterocycles. The molecule has 0 aromatic heterocycles. The van der Waals surface area contributed by atoms with Crippen molar-refractivity contribution in [2.75, 3.05) is 32.4 Å². The number of hydrogen-bond donors (Lipinski definition) is 1. The number of aryl methyl sites for hydroxylation is 1. The summed E-state index contributed by atoms with van der Waals surface area (Å²) in [5.41, 5.74) is 1.39. The highest BCUT2D eigenvalue weighted by molar-refractivity contribution is 7.88. The Morgan fingerprint density at radius 2 is 2.05 bits per heavy atom. The van der Waals surface area contributed by atoms with E-state index in [1.807, 2.05) is 6.07 Å². The molecule has 1 N–H and O–H groups in total. The molecule has 1 heterocycles. The van der Waals surface area contributed by atoms with Crippen LogP contribution < -0.4 is 4.72 Å². The first-order valence-corrected chi connectivity index (χ1v) is 9.13. The van der Waals surface area contributed by atoms with Crippen LogP contribution in [0.25, 0.3) is 0 Å². The normalized spacial score (nSPS) is 20.4.